The zero-order valence-electron chi connectivity index (χ0n) is 12.8. The maximum Gasteiger partial charge on any atom is 0.226 e. The van der Waals surface area contributed by atoms with E-state index in [2.05, 4.69) is 29.4 Å². The summed E-state index contributed by atoms with van der Waals surface area (Å²) in [5.41, 5.74) is 0. The van der Waals surface area contributed by atoms with Gasteiger partial charge in [-0.3, -0.25) is 9.59 Å². The number of likely N-dealkylation sites (tertiary alicyclic amines) is 1. The first kappa shape index (κ1) is 15.9. The van der Waals surface area contributed by atoms with Gasteiger partial charge in [-0.15, -0.1) is 10.2 Å². The van der Waals surface area contributed by atoms with Crippen LogP contribution in [0.2, 0.25) is 0 Å². The van der Waals surface area contributed by atoms with E-state index in [4.69, 9.17) is 0 Å². The molecule has 1 aliphatic heterocycles. The molecule has 0 spiro atoms. The van der Waals surface area contributed by atoms with Gasteiger partial charge in [0.15, 0.2) is 0 Å². The third-order valence-corrected chi connectivity index (χ3v) is 4.31. The fourth-order valence-electron chi connectivity index (χ4n) is 2.77. The fourth-order valence-corrected chi connectivity index (χ4v) is 3.38. The second-order valence-electron chi connectivity index (χ2n) is 5.92. The van der Waals surface area contributed by atoms with Crippen LogP contribution in [0.15, 0.2) is 0 Å². The van der Waals surface area contributed by atoms with Gasteiger partial charge >= 0.3 is 0 Å². The van der Waals surface area contributed by atoms with Gasteiger partial charge < -0.3 is 10.2 Å². The molecule has 2 rings (SSSR count). The predicted molar refractivity (Wildman–Crippen MR) is 82.0 cm³/mol. The molecular weight excluding hydrogens is 288 g/mol. The van der Waals surface area contributed by atoms with E-state index >= 15 is 0 Å². The summed E-state index contributed by atoms with van der Waals surface area (Å²) < 4.78 is 0. The zero-order chi connectivity index (χ0) is 15.4. The molecule has 116 valence electrons. The number of piperidine rings is 1. The van der Waals surface area contributed by atoms with Crippen LogP contribution in [0.25, 0.3) is 0 Å². The second kappa shape index (κ2) is 6.98. The van der Waals surface area contributed by atoms with E-state index in [-0.39, 0.29) is 24.7 Å². The molecule has 1 saturated heterocycles. The molecule has 1 fully saturated rings. The van der Waals surface area contributed by atoms with Crippen LogP contribution >= 0.6 is 11.3 Å². The van der Waals surface area contributed by atoms with Gasteiger partial charge in [-0.25, -0.2) is 0 Å². The van der Waals surface area contributed by atoms with Gasteiger partial charge in [0, 0.05) is 25.9 Å². The molecule has 21 heavy (non-hydrogen) atoms. The summed E-state index contributed by atoms with van der Waals surface area (Å²) in [6.45, 7) is 7.77. The number of rotatable bonds is 4. The maximum atomic E-state index is 12.2. The predicted octanol–water partition coefficient (Wildman–Crippen LogP) is 2.07. The summed E-state index contributed by atoms with van der Waals surface area (Å²) >= 11 is 1.33. The number of hydrogen-bond donors (Lipinski definition) is 1. The molecule has 0 aliphatic carbocycles. The molecule has 1 aromatic heterocycles. The van der Waals surface area contributed by atoms with E-state index < -0.39 is 0 Å². The van der Waals surface area contributed by atoms with Gasteiger partial charge in [-0.1, -0.05) is 25.2 Å². The summed E-state index contributed by atoms with van der Waals surface area (Å²) in [7, 11) is 0. The Morgan fingerprint density at radius 2 is 1.90 bits per heavy atom. The van der Waals surface area contributed by atoms with Crippen molar-refractivity contribution in [2.45, 2.75) is 40.0 Å². The monoisotopic (exact) mass is 310 g/mol. The van der Waals surface area contributed by atoms with Crippen LogP contribution < -0.4 is 5.32 Å². The summed E-state index contributed by atoms with van der Waals surface area (Å²) in [5.74, 6) is 0.960. The Balaban J connectivity index is 1.76. The molecule has 0 saturated carbocycles. The van der Waals surface area contributed by atoms with Crippen molar-refractivity contribution in [3.05, 3.63) is 5.01 Å². The van der Waals surface area contributed by atoms with Gasteiger partial charge in [0.2, 0.25) is 16.9 Å². The molecule has 2 atom stereocenters. The number of carbonyl (C=O) groups excluding carboxylic acids is 2. The lowest BCUT2D eigenvalue weighted by Gasteiger charge is -2.35. The van der Waals surface area contributed by atoms with Crippen molar-refractivity contribution < 1.29 is 9.59 Å². The number of amides is 2. The quantitative estimate of drug-likeness (QED) is 0.924. The van der Waals surface area contributed by atoms with Crippen molar-refractivity contribution in [2.24, 2.45) is 11.8 Å². The highest BCUT2D eigenvalue weighted by Gasteiger charge is 2.25. The minimum atomic E-state index is -0.183. The SMILES string of the molecule is Cc1nnc(NC(=O)CCC(=O)N2C[C@H](C)C[C@H](C)C2)s1. The van der Waals surface area contributed by atoms with Crippen LogP contribution in [0.3, 0.4) is 0 Å². The number of anilines is 1. The zero-order valence-corrected chi connectivity index (χ0v) is 13.6. The average molecular weight is 310 g/mol. The molecule has 0 aromatic carbocycles. The van der Waals surface area contributed by atoms with E-state index in [1.807, 2.05) is 11.8 Å². The van der Waals surface area contributed by atoms with Crippen molar-refractivity contribution >= 4 is 28.3 Å². The minimum Gasteiger partial charge on any atom is -0.342 e. The average Bonchev–Trinajstić information content (AvgIpc) is 2.80. The lowest BCUT2D eigenvalue weighted by atomic mass is 9.91. The molecular formula is C14H22N4O2S. The topological polar surface area (TPSA) is 75.2 Å². The van der Waals surface area contributed by atoms with Crippen LogP contribution in [0.5, 0.6) is 0 Å². The summed E-state index contributed by atoms with van der Waals surface area (Å²) in [4.78, 5) is 25.9. The number of aromatic nitrogens is 2. The Morgan fingerprint density at radius 1 is 1.24 bits per heavy atom. The highest BCUT2D eigenvalue weighted by atomic mass is 32.1. The standard InChI is InChI=1S/C14H22N4O2S/c1-9-6-10(2)8-18(7-9)13(20)5-4-12(19)15-14-17-16-11(3)21-14/h9-10H,4-8H2,1-3H3,(H,15,17,19)/t9-,10+. The normalized spacial score (nSPS) is 22.1. The molecule has 0 radical (unpaired) electrons. The Labute approximate surface area is 128 Å². The number of nitrogens with zero attached hydrogens (tertiary/aromatic N) is 3. The van der Waals surface area contributed by atoms with Crippen LogP contribution in [0.1, 0.15) is 38.1 Å². The van der Waals surface area contributed by atoms with Crippen LogP contribution in [-0.4, -0.2) is 40.0 Å². The Kier molecular flexibility index (Phi) is 5.27. The third-order valence-electron chi connectivity index (χ3n) is 3.56. The molecule has 7 heteroatoms. The van der Waals surface area contributed by atoms with E-state index in [1.165, 1.54) is 17.8 Å². The minimum absolute atomic E-state index is 0.0667. The fraction of sp³-hybridized carbons (Fsp3) is 0.714. The third kappa shape index (κ3) is 4.77. The lowest BCUT2D eigenvalue weighted by molar-refractivity contribution is -0.135. The van der Waals surface area contributed by atoms with Gasteiger partial charge in [0.05, 0.1) is 0 Å². The molecule has 1 N–H and O–H groups in total. The number of aryl methyl sites for hydroxylation is 1. The lowest BCUT2D eigenvalue weighted by Crippen LogP contribution is -2.42. The highest BCUT2D eigenvalue weighted by Crippen LogP contribution is 2.21. The number of hydrogen-bond acceptors (Lipinski definition) is 5. The van der Waals surface area contributed by atoms with Crippen molar-refractivity contribution in [3.8, 4) is 0 Å². The smallest absolute Gasteiger partial charge is 0.226 e. The largest absolute Gasteiger partial charge is 0.342 e. The van der Waals surface area contributed by atoms with Crippen molar-refractivity contribution in [3.63, 3.8) is 0 Å². The first-order chi connectivity index (χ1) is 9.94. The number of carbonyl (C=O) groups is 2. The summed E-state index contributed by atoms with van der Waals surface area (Å²) in [6, 6.07) is 0. The Bertz CT molecular complexity index is 507. The van der Waals surface area contributed by atoms with E-state index in [1.54, 1.807) is 0 Å². The van der Waals surface area contributed by atoms with Crippen LogP contribution in [0, 0.1) is 18.8 Å². The second-order valence-corrected chi connectivity index (χ2v) is 7.10. The van der Waals surface area contributed by atoms with E-state index in [9.17, 15) is 9.59 Å². The Morgan fingerprint density at radius 3 is 2.48 bits per heavy atom. The van der Waals surface area contributed by atoms with E-state index in [0.717, 1.165) is 18.1 Å². The molecule has 1 aromatic rings. The van der Waals surface area contributed by atoms with Gasteiger partial charge in [-0.2, -0.15) is 0 Å². The van der Waals surface area contributed by atoms with Crippen molar-refractivity contribution in [2.75, 3.05) is 18.4 Å². The van der Waals surface area contributed by atoms with Crippen molar-refractivity contribution in [1.29, 1.82) is 0 Å². The highest BCUT2D eigenvalue weighted by molar-refractivity contribution is 7.15. The first-order valence-electron chi connectivity index (χ1n) is 7.31. The van der Waals surface area contributed by atoms with E-state index in [0.29, 0.717) is 17.0 Å². The molecule has 2 heterocycles. The first-order valence-corrected chi connectivity index (χ1v) is 8.13. The molecule has 6 nitrogen and oxygen atoms in total. The summed E-state index contributed by atoms with van der Waals surface area (Å²) in [5, 5.41) is 11.6. The number of nitrogens with one attached hydrogen (secondary N) is 1. The van der Waals surface area contributed by atoms with Gasteiger partial charge in [0.1, 0.15) is 5.01 Å². The molecule has 0 unspecified atom stereocenters. The molecule has 1 aliphatic rings. The Hall–Kier alpha value is -1.50. The van der Waals surface area contributed by atoms with Crippen molar-refractivity contribution in [1.82, 2.24) is 15.1 Å². The summed E-state index contributed by atoms with van der Waals surface area (Å²) in [6.07, 6.45) is 1.61. The van der Waals surface area contributed by atoms with Crippen LogP contribution in [0.4, 0.5) is 5.13 Å². The van der Waals surface area contributed by atoms with Gasteiger partial charge in [-0.05, 0) is 25.2 Å². The van der Waals surface area contributed by atoms with Crippen LogP contribution in [-0.2, 0) is 9.59 Å². The molecule has 2 amide bonds. The maximum absolute atomic E-state index is 12.2. The van der Waals surface area contributed by atoms with Gasteiger partial charge in [0.25, 0.3) is 0 Å². The molecule has 0 bridgehead atoms.